The van der Waals surface area contributed by atoms with Crippen LogP contribution in [0.25, 0.3) is 112 Å². The van der Waals surface area contributed by atoms with Gasteiger partial charge in [0, 0.05) is 55.1 Å². The summed E-state index contributed by atoms with van der Waals surface area (Å²) in [5.74, 6) is 0.661. The Morgan fingerprint density at radius 3 is 1.38 bits per heavy atom. The fourth-order valence-electron chi connectivity index (χ4n) is 8.24. The average Bonchev–Trinajstić information content (AvgIpc) is 3.34. The molecule has 0 amide bonds. The van der Waals surface area contributed by atoms with E-state index in [4.69, 9.17) is 24.9 Å². The molecule has 0 N–H and O–H groups in total. The number of rotatable bonds is 7. The minimum atomic E-state index is 0.661. The largest absolute Gasteiger partial charge is 0.247 e. The first-order valence-corrected chi connectivity index (χ1v) is 20.1. The molecular formula is C55H35N5. The van der Waals surface area contributed by atoms with Gasteiger partial charge >= 0.3 is 0 Å². The summed E-state index contributed by atoms with van der Waals surface area (Å²) in [6.45, 7) is 0. The maximum atomic E-state index is 5.68. The molecule has 280 valence electrons. The molecule has 3 aromatic heterocycles. The lowest BCUT2D eigenvalue weighted by molar-refractivity contribution is 1.18. The van der Waals surface area contributed by atoms with Crippen LogP contribution >= 0.6 is 0 Å². The van der Waals surface area contributed by atoms with Crippen molar-refractivity contribution >= 4 is 32.7 Å². The molecule has 0 bridgehead atoms. The zero-order valence-electron chi connectivity index (χ0n) is 32.4. The second-order valence-corrected chi connectivity index (χ2v) is 14.8. The number of pyridine rings is 1. The second-order valence-electron chi connectivity index (χ2n) is 14.8. The highest BCUT2D eigenvalue weighted by Crippen LogP contribution is 2.44. The lowest BCUT2D eigenvalue weighted by Crippen LogP contribution is -2.01. The van der Waals surface area contributed by atoms with Gasteiger partial charge in [-0.25, -0.2) is 24.9 Å². The van der Waals surface area contributed by atoms with Gasteiger partial charge in [-0.1, -0.05) is 194 Å². The Labute approximate surface area is 347 Å². The van der Waals surface area contributed by atoms with Crippen molar-refractivity contribution in [1.29, 1.82) is 0 Å². The van der Waals surface area contributed by atoms with Crippen molar-refractivity contribution in [1.82, 2.24) is 24.9 Å². The molecule has 60 heavy (non-hydrogen) atoms. The van der Waals surface area contributed by atoms with E-state index >= 15 is 0 Å². The van der Waals surface area contributed by atoms with E-state index in [0.29, 0.717) is 5.82 Å². The molecule has 0 aliphatic carbocycles. The number of nitrogens with zero attached hydrogens (tertiary/aromatic N) is 5. The van der Waals surface area contributed by atoms with E-state index < -0.39 is 0 Å². The summed E-state index contributed by atoms with van der Waals surface area (Å²) < 4.78 is 0. The van der Waals surface area contributed by atoms with E-state index in [0.717, 1.165) is 106 Å². The minimum absolute atomic E-state index is 0.661. The van der Waals surface area contributed by atoms with Gasteiger partial charge in [-0.15, -0.1) is 0 Å². The predicted molar refractivity (Wildman–Crippen MR) is 246 cm³/mol. The Kier molecular flexibility index (Phi) is 8.75. The van der Waals surface area contributed by atoms with E-state index in [1.807, 2.05) is 54.6 Å². The Morgan fingerprint density at radius 2 is 0.750 bits per heavy atom. The molecule has 0 atom stereocenters. The molecule has 11 rings (SSSR count). The molecular weight excluding hydrogens is 731 g/mol. The zero-order chi connectivity index (χ0) is 39.8. The average molecular weight is 766 g/mol. The van der Waals surface area contributed by atoms with Crippen molar-refractivity contribution in [2.45, 2.75) is 0 Å². The Balaban J connectivity index is 1.25. The Bertz CT molecular complexity index is 3280. The van der Waals surface area contributed by atoms with Gasteiger partial charge in [-0.05, 0) is 23.8 Å². The van der Waals surface area contributed by atoms with Crippen molar-refractivity contribution in [3.63, 3.8) is 0 Å². The van der Waals surface area contributed by atoms with Crippen molar-refractivity contribution in [2.75, 3.05) is 0 Å². The summed E-state index contributed by atoms with van der Waals surface area (Å²) in [7, 11) is 0. The van der Waals surface area contributed by atoms with Crippen molar-refractivity contribution in [3.05, 3.63) is 212 Å². The normalized spacial score (nSPS) is 11.3. The summed E-state index contributed by atoms with van der Waals surface area (Å²) in [5.41, 5.74) is 14.6. The third kappa shape index (κ3) is 6.26. The van der Waals surface area contributed by atoms with Gasteiger partial charge in [0.2, 0.25) is 0 Å². The van der Waals surface area contributed by atoms with Gasteiger partial charge in [-0.3, -0.25) is 0 Å². The minimum Gasteiger partial charge on any atom is -0.247 e. The molecule has 0 spiro atoms. The van der Waals surface area contributed by atoms with Crippen LogP contribution in [0, 0.1) is 0 Å². The topological polar surface area (TPSA) is 64.5 Å². The molecule has 0 saturated heterocycles. The van der Waals surface area contributed by atoms with Crippen LogP contribution in [-0.4, -0.2) is 24.9 Å². The van der Waals surface area contributed by atoms with Gasteiger partial charge in [0.15, 0.2) is 5.82 Å². The molecule has 0 saturated carbocycles. The molecule has 0 aliphatic heterocycles. The first kappa shape index (κ1) is 35.0. The lowest BCUT2D eigenvalue weighted by Gasteiger charge is -2.19. The maximum Gasteiger partial charge on any atom is 0.160 e. The summed E-state index contributed by atoms with van der Waals surface area (Å²) in [6.07, 6.45) is 0. The van der Waals surface area contributed by atoms with Crippen molar-refractivity contribution in [2.24, 2.45) is 0 Å². The van der Waals surface area contributed by atoms with Gasteiger partial charge in [0.1, 0.15) is 0 Å². The van der Waals surface area contributed by atoms with Crippen LogP contribution in [0.5, 0.6) is 0 Å². The van der Waals surface area contributed by atoms with E-state index in [1.54, 1.807) is 0 Å². The smallest absolute Gasteiger partial charge is 0.160 e. The summed E-state index contributed by atoms with van der Waals surface area (Å²) in [5, 5.41) is 3.00. The highest BCUT2D eigenvalue weighted by atomic mass is 14.9. The van der Waals surface area contributed by atoms with Crippen molar-refractivity contribution in [3.8, 4) is 78.8 Å². The first-order valence-electron chi connectivity index (χ1n) is 20.1. The molecule has 0 fully saturated rings. The number of para-hydroxylation sites is 1. The molecule has 8 aromatic carbocycles. The van der Waals surface area contributed by atoms with Crippen LogP contribution in [-0.2, 0) is 0 Å². The number of aromatic nitrogens is 5. The van der Waals surface area contributed by atoms with Crippen molar-refractivity contribution < 1.29 is 0 Å². The van der Waals surface area contributed by atoms with E-state index in [1.165, 1.54) is 0 Å². The van der Waals surface area contributed by atoms with Gasteiger partial charge in [0.05, 0.1) is 45.0 Å². The zero-order valence-corrected chi connectivity index (χ0v) is 32.4. The maximum absolute atomic E-state index is 5.68. The van der Waals surface area contributed by atoms with Crippen LogP contribution < -0.4 is 0 Å². The summed E-state index contributed by atoms with van der Waals surface area (Å²) in [6, 6.07) is 72.9. The molecule has 5 heteroatoms. The molecule has 0 radical (unpaired) electrons. The SMILES string of the molecule is c1ccc(-c2cc(-c3ccccc3-c3nc4ccccc4c4c3cc(-c3ccccc3)c3nc(-c5ccccc5)c(-c5ccccc5)nc34)nc(-c3ccccc3)n2)cc1. The van der Waals surface area contributed by atoms with Gasteiger partial charge < -0.3 is 0 Å². The monoisotopic (exact) mass is 765 g/mol. The highest BCUT2D eigenvalue weighted by molar-refractivity contribution is 6.24. The number of hydrogen-bond acceptors (Lipinski definition) is 5. The fraction of sp³-hybridized carbons (Fsp3) is 0. The van der Waals surface area contributed by atoms with Gasteiger partial charge in [-0.2, -0.15) is 0 Å². The van der Waals surface area contributed by atoms with Crippen LogP contribution in [0.15, 0.2) is 212 Å². The lowest BCUT2D eigenvalue weighted by atomic mass is 9.91. The standard InChI is InChI=1S/C55H35N5/c1-6-20-36(21-7-1)44-34-45-49(54-53(44)59-50(38-24-10-3-11-25-38)51(60-54)39-26-12-4-13-27-39)43-32-18-19-33-46(43)56-52(45)42-31-17-16-30-41(42)48-35-47(37-22-8-2-9-23-37)57-55(58-48)40-28-14-5-15-29-40/h1-35H. The summed E-state index contributed by atoms with van der Waals surface area (Å²) >= 11 is 0. The quantitative estimate of drug-likeness (QED) is 0.151. The first-order chi connectivity index (χ1) is 29.8. The van der Waals surface area contributed by atoms with Crippen LogP contribution in [0.3, 0.4) is 0 Å². The van der Waals surface area contributed by atoms with Crippen LogP contribution in [0.1, 0.15) is 0 Å². The van der Waals surface area contributed by atoms with Crippen LogP contribution in [0.4, 0.5) is 0 Å². The third-order valence-corrected chi connectivity index (χ3v) is 11.1. The molecule has 3 heterocycles. The number of fused-ring (bicyclic) bond motifs is 5. The Morgan fingerprint density at radius 1 is 0.267 bits per heavy atom. The molecule has 5 nitrogen and oxygen atoms in total. The number of benzene rings is 8. The van der Waals surface area contributed by atoms with Crippen LogP contribution in [0.2, 0.25) is 0 Å². The number of hydrogen-bond donors (Lipinski definition) is 0. The highest BCUT2D eigenvalue weighted by Gasteiger charge is 2.23. The third-order valence-electron chi connectivity index (χ3n) is 11.1. The van der Waals surface area contributed by atoms with E-state index in [2.05, 4.69) is 158 Å². The molecule has 0 aliphatic rings. The van der Waals surface area contributed by atoms with E-state index in [9.17, 15) is 0 Å². The summed E-state index contributed by atoms with van der Waals surface area (Å²) in [4.78, 5) is 27.2. The van der Waals surface area contributed by atoms with E-state index in [-0.39, 0.29) is 0 Å². The fourth-order valence-corrected chi connectivity index (χ4v) is 8.24. The van der Waals surface area contributed by atoms with Gasteiger partial charge in [0.25, 0.3) is 0 Å². The predicted octanol–water partition coefficient (Wildman–Crippen LogP) is 13.8. The molecule has 11 aromatic rings. The second kappa shape index (κ2) is 15.0. The Hall–Kier alpha value is -8.15. The molecule has 0 unspecified atom stereocenters.